The van der Waals surface area contributed by atoms with Crippen molar-refractivity contribution in [2.45, 2.75) is 12.5 Å². The molecule has 0 spiro atoms. The molecule has 3 N–H and O–H groups in total. The van der Waals surface area contributed by atoms with Gasteiger partial charge in [-0.15, -0.1) is 0 Å². The first-order chi connectivity index (χ1) is 8.93. The minimum atomic E-state index is -1.06. The van der Waals surface area contributed by atoms with Gasteiger partial charge in [0, 0.05) is 13.7 Å². The van der Waals surface area contributed by atoms with E-state index in [-0.39, 0.29) is 24.3 Å². The SMILES string of the molecule is COC(CNC(=O)c1cc(F)ccc1O)CC(=O)O. The topological polar surface area (TPSA) is 95.9 Å². The summed E-state index contributed by atoms with van der Waals surface area (Å²) in [5.74, 6) is -2.78. The fourth-order valence-electron chi connectivity index (χ4n) is 1.43. The van der Waals surface area contributed by atoms with Crippen molar-refractivity contribution in [3.8, 4) is 5.75 Å². The minimum Gasteiger partial charge on any atom is -0.507 e. The van der Waals surface area contributed by atoms with E-state index in [1.54, 1.807) is 0 Å². The number of methoxy groups -OCH3 is 1. The Bertz CT molecular complexity index is 477. The van der Waals surface area contributed by atoms with Gasteiger partial charge in [0.15, 0.2) is 0 Å². The molecule has 19 heavy (non-hydrogen) atoms. The Labute approximate surface area is 108 Å². The highest BCUT2D eigenvalue weighted by molar-refractivity contribution is 5.96. The van der Waals surface area contributed by atoms with Crippen molar-refractivity contribution in [1.82, 2.24) is 5.32 Å². The average molecular weight is 271 g/mol. The van der Waals surface area contributed by atoms with E-state index in [0.717, 1.165) is 18.2 Å². The van der Waals surface area contributed by atoms with Crippen molar-refractivity contribution in [2.24, 2.45) is 0 Å². The van der Waals surface area contributed by atoms with Gasteiger partial charge in [-0.25, -0.2) is 4.39 Å². The van der Waals surface area contributed by atoms with Gasteiger partial charge in [0.05, 0.1) is 18.1 Å². The zero-order valence-electron chi connectivity index (χ0n) is 10.2. The number of phenolic OH excluding ortho intramolecular Hbond substituents is 1. The highest BCUT2D eigenvalue weighted by atomic mass is 19.1. The van der Waals surface area contributed by atoms with E-state index in [9.17, 15) is 19.1 Å². The molecule has 0 aromatic heterocycles. The third kappa shape index (κ3) is 4.55. The molecule has 0 bridgehead atoms. The van der Waals surface area contributed by atoms with Crippen LogP contribution in [0, 0.1) is 5.82 Å². The van der Waals surface area contributed by atoms with Gasteiger partial charge in [0.1, 0.15) is 11.6 Å². The van der Waals surface area contributed by atoms with E-state index in [2.05, 4.69) is 5.32 Å². The molecule has 1 aromatic rings. The number of halogens is 1. The number of nitrogens with one attached hydrogen (secondary N) is 1. The van der Waals surface area contributed by atoms with Gasteiger partial charge in [-0.2, -0.15) is 0 Å². The number of benzene rings is 1. The van der Waals surface area contributed by atoms with Crippen LogP contribution in [0.25, 0.3) is 0 Å². The number of hydrogen-bond acceptors (Lipinski definition) is 4. The van der Waals surface area contributed by atoms with Crippen LogP contribution in [0.3, 0.4) is 0 Å². The average Bonchev–Trinajstić information content (AvgIpc) is 2.36. The van der Waals surface area contributed by atoms with Gasteiger partial charge < -0.3 is 20.3 Å². The summed E-state index contributed by atoms with van der Waals surface area (Å²) in [6.07, 6.45) is -0.969. The van der Waals surface area contributed by atoms with Crippen LogP contribution < -0.4 is 5.32 Å². The Morgan fingerprint density at radius 3 is 2.74 bits per heavy atom. The van der Waals surface area contributed by atoms with Crippen LogP contribution in [0.2, 0.25) is 0 Å². The number of hydrogen-bond donors (Lipinski definition) is 3. The molecule has 0 saturated heterocycles. The molecule has 1 amide bonds. The Hall–Kier alpha value is -2.15. The number of aromatic hydroxyl groups is 1. The maximum atomic E-state index is 13.0. The molecule has 1 aromatic carbocycles. The van der Waals surface area contributed by atoms with Crippen molar-refractivity contribution in [2.75, 3.05) is 13.7 Å². The van der Waals surface area contributed by atoms with E-state index >= 15 is 0 Å². The zero-order valence-corrected chi connectivity index (χ0v) is 10.2. The molecular weight excluding hydrogens is 257 g/mol. The molecular formula is C12H14FNO5. The molecule has 0 heterocycles. The first-order valence-corrected chi connectivity index (χ1v) is 5.45. The van der Waals surface area contributed by atoms with Crippen molar-refractivity contribution < 1.29 is 28.9 Å². The molecule has 1 unspecified atom stereocenters. The van der Waals surface area contributed by atoms with E-state index in [1.165, 1.54) is 7.11 Å². The van der Waals surface area contributed by atoms with Gasteiger partial charge in [0.2, 0.25) is 0 Å². The number of phenols is 1. The largest absolute Gasteiger partial charge is 0.507 e. The highest BCUT2D eigenvalue weighted by Crippen LogP contribution is 2.17. The lowest BCUT2D eigenvalue weighted by molar-refractivity contribution is -0.139. The number of carboxylic acid groups (broad SMARTS) is 1. The maximum Gasteiger partial charge on any atom is 0.306 e. The van der Waals surface area contributed by atoms with Crippen LogP contribution in [0.5, 0.6) is 5.75 Å². The molecule has 0 aliphatic heterocycles. The second kappa shape index (κ2) is 6.69. The smallest absolute Gasteiger partial charge is 0.306 e. The number of amides is 1. The number of aliphatic carboxylic acids is 1. The summed E-state index contributed by atoms with van der Waals surface area (Å²) in [5, 5.41) is 20.4. The van der Waals surface area contributed by atoms with Crippen LogP contribution in [-0.4, -0.2) is 41.8 Å². The van der Waals surface area contributed by atoms with E-state index in [4.69, 9.17) is 9.84 Å². The lowest BCUT2D eigenvalue weighted by Crippen LogP contribution is -2.34. The normalized spacial score (nSPS) is 11.9. The molecule has 0 radical (unpaired) electrons. The third-order valence-electron chi connectivity index (χ3n) is 2.43. The van der Waals surface area contributed by atoms with Gasteiger partial charge in [-0.1, -0.05) is 0 Å². The Kier molecular flexibility index (Phi) is 5.25. The third-order valence-corrected chi connectivity index (χ3v) is 2.43. The Balaban J connectivity index is 2.64. The van der Waals surface area contributed by atoms with Crippen LogP contribution >= 0.6 is 0 Å². The highest BCUT2D eigenvalue weighted by Gasteiger charge is 2.16. The molecule has 0 fully saturated rings. The molecule has 6 nitrogen and oxygen atoms in total. The lowest BCUT2D eigenvalue weighted by atomic mass is 10.1. The van der Waals surface area contributed by atoms with Gasteiger partial charge in [-0.3, -0.25) is 9.59 Å². The fourth-order valence-corrected chi connectivity index (χ4v) is 1.43. The summed E-state index contributed by atoms with van der Waals surface area (Å²) in [5.41, 5.74) is -0.217. The first kappa shape index (κ1) is 14.9. The number of rotatable bonds is 6. The number of carbonyl (C=O) groups excluding carboxylic acids is 1. The predicted molar refractivity (Wildman–Crippen MR) is 63.4 cm³/mol. The second-order valence-electron chi connectivity index (χ2n) is 3.83. The Morgan fingerprint density at radius 1 is 1.47 bits per heavy atom. The summed E-state index contributed by atoms with van der Waals surface area (Å²) in [7, 11) is 1.32. The monoisotopic (exact) mass is 271 g/mol. The summed E-state index contributed by atoms with van der Waals surface area (Å²) >= 11 is 0. The second-order valence-corrected chi connectivity index (χ2v) is 3.83. The van der Waals surface area contributed by atoms with E-state index in [0.29, 0.717) is 0 Å². The minimum absolute atomic E-state index is 0.0579. The quantitative estimate of drug-likeness (QED) is 0.709. The molecule has 1 rings (SSSR count). The Morgan fingerprint density at radius 2 is 2.16 bits per heavy atom. The molecule has 7 heteroatoms. The predicted octanol–water partition coefficient (Wildman–Crippen LogP) is 0.751. The molecule has 1 atom stereocenters. The molecule has 0 aliphatic carbocycles. The van der Waals surface area contributed by atoms with Crippen molar-refractivity contribution in [3.63, 3.8) is 0 Å². The van der Waals surface area contributed by atoms with E-state index in [1.807, 2.05) is 0 Å². The standard InChI is InChI=1S/C12H14FNO5/c1-19-8(5-11(16)17)6-14-12(18)9-4-7(13)2-3-10(9)15/h2-4,8,15H,5-6H2,1H3,(H,14,18)(H,16,17). The maximum absolute atomic E-state index is 13.0. The van der Waals surface area contributed by atoms with Crippen molar-refractivity contribution in [1.29, 1.82) is 0 Å². The molecule has 104 valence electrons. The summed E-state index contributed by atoms with van der Waals surface area (Å²) in [6, 6.07) is 2.98. The fraction of sp³-hybridized carbons (Fsp3) is 0.333. The van der Waals surface area contributed by atoms with Crippen LogP contribution in [0.1, 0.15) is 16.8 Å². The lowest BCUT2D eigenvalue weighted by Gasteiger charge is -2.14. The van der Waals surface area contributed by atoms with Crippen LogP contribution in [-0.2, 0) is 9.53 Å². The van der Waals surface area contributed by atoms with Crippen molar-refractivity contribution in [3.05, 3.63) is 29.6 Å². The number of carboxylic acids is 1. The van der Waals surface area contributed by atoms with Crippen LogP contribution in [0.15, 0.2) is 18.2 Å². The summed E-state index contributed by atoms with van der Waals surface area (Å²) in [4.78, 5) is 22.2. The molecule has 0 aliphatic rings. The number of ether oxygens (including phenoxy) is 1. The van der Waals surface area contributed by atoms with Gasteiger partial charge in [-0.05, 0) is 18.2 Å². The van der Waals surface area contributed by atoms with Crippen LogP contribution in [0.4, 0.5) is 4.39 Å². The van der Waals surface area contributed by atoms with Crippen molar-refractivity contribution >= 4 is 11.9 Å². The van der Waals surface area contributed by atoms with Gasteiger partial charge >= 0.3 is 5.97 Å². The van der Waals surface area contributed by atoms with Gasteiger partial charge in [0.25, 0.3) is 5.91 Å². The molecule has 0 saturated carbocycles. The zero-order chi connectivity index (χ0) is 14.4. The number of carbonyl (C=O) groups is 2. The van der Waals surface area contributed by atoms with E-state index < -0.39 is 23.8 Å². The summed E-state index contributed by atoms with van der Waals surface area (Å²) in [6.45, 7) is -0.0579. The first-order valence-electron chi connectivity index (χ1n) is 5.45. The summed E-state index contributed by atoms with van der Waals surface area (Å²) < 4.78 is 17.8.